The molecule has 0 bridgehead atoms. The Hall–Kier alpha value is -0.800. The Balaban J connectivity index is 2.53. The molecule has 0 radical (unpaired) electrons. The van der Waals surface area contributed by atoms with E-state index in [4.69, 9.17) is 0 Å². The maximum absolute atomic E-state index is 12.1. The number of nitrogens with one attached hydrogen (secondary N) is 1. The first-order valence-electron chi connectivity index (χ1n) is 6.08. The van der Waals surface area contributed by atoms with Crippen molar-refractivity contribution in [2.24, 2.45) is 0 Å². The zero-order valence-corrected chi connectivity index (χ0v) is 13.6. The first-order valence-corrected chi connectivity index (χ1v) is 8.70. The fourth-order valence-corrected chi connectivity index (χ4v) is 2.72. The van der Waals surface area contributed by atoms with Crippen LogP contribution in [0.25, 0.3) is 0 Å². The van der Waals surface area contributed by atoms with Crippen molar-refractivity contribution in [2.45, 2.75) is 19.8 Å². The summed E-state index contributed by atoms with van der Waals surface area (Å²) in [6.07, 6.45) is -4.74. The minimum absolute atomic E-state index is 0.0277. The van der Waals surface area contributed by atoms with Gasteiger partial charge in [-0.1, -0.05) is 13.0 Å². The van der Waals surface area contributed by atoms with Crippen LogP contribution in [0.2, 0.25) is 0 Å². The molecule has 0 aliphatic rings. The molecule has 0 atom stereocenters. The van der Waals surface area contributed by atoms with E-state index in [0.717, 1.165) is 0 Å². The Morgan fingerprint density at radius 3 is 2.52 bits per heavy atom. The van der Waals surface area contributed by atoms with Gasteiger partial charge in [0.15, 0.2) is 9.84 Å². The fraction of sp³-hybridized carbons (Fsp3) is 0.500. The van der Waals surface area contributed by atoms with Gasteiger partial charge >= 0.3 is 6.36 Å². The SMILES string of the molecule is CCS(=O)(=O)CCNCc1ccc(OC(F)(F)F)c(Br)c1. The zero-order chi connectivity index (χ0) is 16.1. The van der Waals surface area contributed by atoms with Gasteiger partial charge in [0.05, 0.1) is 10.2 Å². The molecule has 0 aromatic heterocycles. The summed E-state index contributed by atoms with van der Waals surface area (Å²) in [6.45, 7) is 2.21. The molecule has 120 valence electrons. The van der Waals surface area contributed by atoms with Gasteiger partial charge in [0.1, 0.15) is 5.75 Å². The summed E-state index contributed by atoms with van der Waals surface area (Å²) in [7, 11) is -3.03. The number of alkyl halides is 3. The Bertz CT molecular complexity index is 576. The zero-order valence-electron chi connectivity index (χ0n) is 11.2. The average molecular weight is 390 g/mol. The number of sulfone groups is 1. The van der Waals surface area contributed by atoms with Crippen LogP contribution in [0, 0.1) is 0 Å². The third-order valence-corrected chi connectivity index (χ3v) is 4.91. The number of halogens is 4. The Kier molecular flexibility index (Phi) is 6.48. The lowest BCUT2D eigenvalue weighted by Crippen LogP contribution is -2.23. The molecule has 1 N–H and O–H groups in total. The molecular formula is C12H15BrF3NO3S. The van der Waals surface area contributed by atoms with Crippen molar-refractivity contribution >= 4 is 25.8 Å². The molecule has 1 aromatic carbocycles. The van der Waals surface area contributed by atoms with Crippen molar-refractivity contribution in [3.63, 3.8) is 0 Å². The van der Waals surface area contributed by atoms with E-state index in [1.54, 1.807) is 6.92 Å². The summed E-state index contributed by atoms with van der Waals surface area (Å²) in [4.78, 5) is 0. The molecule has 0 fully saturated rings. The van der Waals surface area contributed by atoms with Gasteiger partial charge in [-0.25, -0.2) is 8.42 Å². The van der Waals surface area contributed by atoms with Crippen molar-refractivity contribution in [1.29, 1.82) is 0 Å². The number of hydrogen-bond acceptors (Lipinski definition) is 4. The highest BCUT2D eigenvalue weighted by atomic mass is 79.9. The van der Waals surface area contributed by atoms with Crippen LogP contribution in [-0.2, 0) is 16.4 Å². The standard InChI is InChI=1S/C12H15BrF3NO3S/c1-2-21(18,19)6-5-17-8-9-3-4-11(10(13)7-9)20-12(14,15)16/h3-4,7,17H,2,5-6,8H2,1H3. The highest BCUT2D eigenvalue weighted by Gasteiger charge is 2.31. The first-order chi connectivity index (χ1) is 9.63. The van der Waals surface area contributed by atoms with Gasteiger partial charge in [0.2, 0.25) is 0 Å². The van der Waals surface area contributed by atoms with Crippen LogP contribution in [0.4, 0.5) is 13.2 Å². The largest absolute Gasteiger partial charge is 0.573 e. The maximum atomic E-state index is 12.1. The van der Waals surface area contributed by atoms with Crippen LogP contribution < -0.4 is 10.1 Å². The highest BCUT2D eigenvalue weighted by molar-refractivity contribution is 9.10. The van der Waals surface area contributed by atoms with Crippen LogP contribution in [0.15, 0.2) is 22.7 Å². The predicted molar refractivity (Wildman–Crippen MR) is 76.9 cm³/mol. The Morgan fingerprint density at radius 1 is 1.33 bits per heavy atom. The first kappa shape index (κ1) is 18.2. The topological polar surface area (TPSA) is 55.4 Å². The number of ether oxygens (including phenoxy) is 1. The van der Waals surface area contributed by atoms with Gasteiger partial charge in [0, 0.05) is 18.8 Å². The second-order valence-corrected chi connectivity index (χ2v) is 7.55. The maximum Gasteiger partial charge on any atom is 0.573 e. The van der Waals surface area contributed by atoms with Gasteiger partial charge < -0.3 is 10.1 Å². The summed E-state index contributed by atoms with van der Waals surface area (Å²) in [6, 6.07) is 4.17. The Labute approximate surface area is 129 Å². The van der Waals surface area contributed by atoms with Crippen molar-refractivity contribution in [3.8, 4) is 5.75 Å². The second-order valence-electron chi connectivity index (χ2n) is 4.23. The minimum atomic E-state index is -4.74. The van der Waals surface area contributed by atoms with Crippen molar-refractivity contribution in [3.05, 3.63) is 28.2 Å². The van der Waals surface area contributed by atoms with Gasteiger partial charge in [-0.05, 0) is 33.6 Å². The molecule has 1 rings (SSSR count). The molecule has 9 heteroatoms. The number of rotatable bonds is 7. The molecule has 4 nitrogen and oxygen atoms in total. The summed E-state index contributed by atoms with van der Waals surface area (Å²) in [5.41, 5.74) is 0.713. The lowest BCUT2D eigenvalue weighted by Gasteiger charge is -2.12. The quantitative estimate of drug-likeness (QED) is 0.728. The molecule has 0 unspecified atom stereocenters. The molecule has 0 spiro atoms. The normalized spacial score (nSPS) is 12.4. The van der Waals surface area contributed by atoms with Crippen molar-refractivity contribution in [1.82, 2.24) is 5.32 Å². The molecule has 0 amide bonds. The highest BCUT2D eigenvalue weighted by Crippen LogP contribution is 2.30. The van der Waals surface area contributed by atoms with Gasteiger partial charge in [0.25, 0.3) is 0 Å². The average Bonchev–Trinajstić information content (AvgIpc) is 2.36. The lowest BCUT2D eigenvalue weighted by molar-refractivity contribution is -0.274. The van der Waals surface area contributed by atoms with Crippen LogP contribution in [0.5, 0.6) is 5.75 Å². The second kappa shape index (κ2) is 7.46. The third-order valence-electron chi connectivity index (χ3n) is 2.58. The van der Waals surface area contributed by atoms with E-state index in [1.807, 2.05) is 0 Å². The predicted octanol–water partition coefficient (Wildman–Crippen LogP) is 2.87. The Morgan fingerprint density at radius 2 is 2.00 bits per heavy atom. The van der Waals surface area contributed by atoms with Crippen LogP contribution >= 0.6 is 15.9 Å². The van der Waals surface area contributed by atoms with E-state index in [-0.39, 0.29) is 28.3 Å². The molecule has 0 aliphatic carbocycles. The van der Waals surface area contributed by atoms with Crippen molar-refractivity contribution < 1.29 is 26.3 Å². The van der Waals surface area contributed by atoms with Crippen LogP contribution in [0.3, 0.4) is 0 Å². The summed E-state index contributed by atoms with van der Waals surface area (Å²) in [5.74, 6) is -0.205. The number of hydrogen-bond donors (Lipinski definition) is 1. The third kappa shape index (κ3) is 7.14. The molecule has 0 aliphatic heterocycles. The molecular weight excluding hydrogens is 375 g/mol. The molecule has 0 heterocycles. The van der Waals surface area contributed by atoms with E-state index in [9.17, 15) is 21.6 Å². The summed E-state index contributed by atoms with van der Waals surface area (Å²) < 4.78 is 62.9. The fourth-order valence-electron chi connectivity index (χ4n) is 1.47. The van der Waals surface area contributed by atoms with Gasteiger partial charge in [-0.2, -0.15) is 0 Å². The minimum Gasteiger partial charge on any atom is -0.405 e. The summed E-state index contributed by atoms with van der Waals surface area (Å²) in [5, 5.41) is 2.92. The van der Waals surface area contributed by atoms with Crippen LogP contribution in [0.1, 0.15) is 12.5 Å². The van der Waals surface area contributed by atoms with E-state index in [2.05, 4.69) is 26.0 Å². The molecule has 21 heavy (non-hydrogen) atoms. The van der Waals surface area contributed by atoms with E-state index in [1.165, 1.54) is 18.2 Å². The molecule has 0 saturated carbocycles. The smallest absolute Gasteiger partial charge is 0.405 e. The molecule has 1 aromatic rings. The molecule has 0 saturated heterocycles. The van der Waals surface area contributed by atoms with Gasteiger partial charge in [-0.15, -0.1) is 13.2 Å². The van der Waals surface area contributed by atoms with Crippen LogP contribution in [-0.4, -0.2) is 32.8 Å². The van der Waals surface area contributed by atoms with E-state index >= 15 is 0 Å². The van der Waals surface area contributed by atoms with E-state index < -0.39 is 16.2 Å². The number of benzene rings is 1. The monoisotopic (exact) mass is 389 g/mol. The van der Waals surface area contributed by atoms with E-state index in [0.29, 0.717) is 12.1 Å². The summed E-state index contributed by atoms with van der Waals surface area (Å²) >= 11 is 3.00. The van der Waals surface area contributed by atoms with Gasteiger partial charge in [-0.3, -0.25) is 0 Å². The lowest BCUT2D eigenvalue weighted by atomic mass is 10.2. The van der Waals surface area contributed by atoms with Crippen molar-refractivity contribution in [2.75, 3.05) is 18.1 Å².